The van der Waals surface area contributed by atoms with Crippen LogP contribution in [0.1, 0.15) is 28.5 Å². The van der Waals surface area contributed by atoms with E-state index in [0.29, 0.717) is 23.6 Å². The summed E-state index contributed by atoms with van der Waals surface area (Å²) in [5.74, 6) is 1.38. The van der Waals surface area contributed by atoms with Crippen LogP contribution in [0.4, 0.5) is 0 Å². The number of H-pyrrole nitrogens is 1. The number of aryl methyl sites for hydroxylation is 1. The molecule has 0 amide bonds. The highest BCUT2D eigenvalue weighted by molar-refractivity contribution is 5.49. The van der Waals surface area contributed by atoms with Crippen LogP contribution >= 0.6 is 0 Å². The summed E-state index contributed by atoms with van der Waals surface area (Å²) in [6.07, 6.45) is -2.56. The van der Waals surface area contributed by atoms with Gasteiger partial charge in [-0.25, -0.2) is 4.79 Å². The van der Waals surface area contributed by atoms with Crippen molar-refractivity contribution in [1.29, 1.82) is 0 Å². The maximum absolute atomic E-state index is 12.9. The quantitative estimate of drug-likeness (QED) is 0.214. The van der Waals surface area contributed by atoms with E-state index in [4.69, 9.17) is 23.7 Å². The average Bonchev–Trinajstić information content (AvgIpc) is 3.38. The van der Waals surface area contributed by atoms with Gasteiger partial charge in [0.2, 0.25) is 0 Å². The Morgan fingerprint density at radius 1 is 0.891 bits per heavy atom. The van der Waals surface area contributed by atoms with Crippen LogP contribution in [0.5, 0.6) is 11.5 Å². The van der Waals surface area contributed by atoms with Gasteiger partial charge in [-0.2, -0.15) is 0 Å². The van der Waals surface area contributed by atoms with E-state index in [-0.39, 0.29) is 13.2 Å². The van der Waals surface area contributed by atoms with Crippen molar-refractivity contribution in [3.05, 3.63) is 128 Å². The van der Waals surface area contributed by atoms with E-state index < -0.39 is 41.4 Å². The first-order valence-electron chi connectivity index (χ1n) is 15.1. The Hall–Kier alpha value is -4.26. The molecule has 1 aliphatic heterocycles. The van der Waals surface area contributed by atoms with E-state index in [0.717, 1.165) is 16.7 Å². The van der Waals surface area contributed by atoms with E-state index in [1.807, 2.05) is 97.9 Å². The molecule has 0 radical (unpaired) electrons. The summed E-state index contributed by atoms with van der Waals surface area (Å²) in [5, 5.41) is 11.6. The number of likely N-dealkylation sites (N-methyl/N-ethyl adjacent to an activating group) is 1. The standard InChI is InChI=1S/C35H41N3O8/c1-23-21-38(34(41)36-32(23)40)33-31(44-20-19-37(2)3)30(39)29(46-33)22-45-35(24-9-7-6-8-10-24,25-11-15-27(42-4)16-12-25)26-13-17-28(43-5)18-14-26/h6-18,21,29-31,33,39H,19-20,22H2,1-5H3,(H,36,40,41)/t29-,30-,31-,33-/m1/s1. The molecule has 0 unspecified atom stereocenters. The summed E-state index contributed by atoms with van der Waals surface area (Å²) in [5.41, 5.74) is 0.516. The minimum absolute atomic E-state index is 0.0742. The molecule has 2 N–H and O–H groups in total. The minimum atomic E-state index is -1.16. The maximum atomic E-state index is 12.9. The molecule has 0 spiro atoms. The van der Waals surface area contributed by atoms with Gasteiger partial charge in [-0.05, 0) is 62.0 Å². The summed E-state index contributed by atoms with van der Waals surface area (Å²) >= 11 is 0. The molecule has 1 fully saturated rings. The highest BCUT2D eigenvalue weighted by Gasteiger charge is 2.48. The molecule has 4 atom stereocenters. The zero-order chi connectivity index (χ0) is 32.8. The number of aromatic amines is 1. The smallest absolute Gasteiger partial charge is 0.330 e. The number of aliphatic hydroxyl groups is 1. The topological polar surface area (TPSA) is 124 Å². The van der Waals surface area contributed by atoms with Crippen LogP contribution in [0.3, 0.4) is 0 Å². The van der Waals surface area contributed by atoms with E-state index in [1.165, 1.54) is 10.8 Å². The summed E-state index contributed by atoms with van der Waals surface area (Å²) in [6, 6.07) is 25.1. The number of hydrogen-bond donors (Lipinski definition) is 2. The van der Waals surface area contributed by atoms with Crippen LogP contribution in [-0.2, 0) is 19.8 Å². The SMILES string of the molecule is COc1ccc(C(OC[C@H]2O[C@@H](n3cc(C)c(=O)[nH]c3=O)[C@H](OCCN(C)C)[C@@H]2O)(c2ccccc2)c2ccc(OC)cc2)cc1. The molecular weight excluding hydrogens is 590 g/mol. The molecule has 2 heterocycles. The third-order valence-electron chi connectivity index (χ3n) is 8.22. The van der Waals surface area contributed by atoms with E-state index >= 15 is 0 Å². The van der Waals surface area contributed by atoms with E-state index in [1.54, 1.807) is 21.1 Å². The van der Waals surface area contributed by atoms with Gasteiger partial charge in [0.05, 0.1) is 27.4 Å². The Morgan fingerprint density at radius 2 is 1.46 bits per heavy atom. The van der Waals surface area contributed by atoms with Crippen LogP contribution in [0, 0.1) is 6.92 Å². The van der Waals surface area contributed by atoms with Gasteiger partial charge in [-0.1, -0.05) is 54.6 Å². The molecule has 0 bridgehead atoms. The van der Waals surface area contributed by atoms with Gasteiger partial charge in [-0.15, -0.1) is 0 Å². The summed E-state index contributed by atoms with van der Waals surface area (Å²) < 4.78 is 31.6. The Labute approximate surface area is 267 Å². The van der Waals surface area contributed by atoms with Gasteiger partial charge < -0.3 is 33.7 Å². The number of nitrogens with zero attached hydrogens (tertiary/aromatic N) is 2. The monoisotopic (exact) mass is 631 g/mol. The van der Waals surface area contributed by atoms with Crippen molar-refractivity contribution in [2.45, 2.75) is 37.1 Å². The fraction of sp³-hybridized carbons (Fsp3) is 0.371. The molecular formula is C35H41N3O8. The molecule has 3 aromatic carbocycles. The lowest BCUT2D eigenvalue weighted by atomic mass is 9.80. The molecule has 5 rings (SSSR count). The van der Waals surface area contributed by atoms with Crippen molar-refractivity contribution in [2.75, 3.05) is 48.1 Å². The number of nitrogens with one attached hydrogen (secondary N) is 1. The molecule has 11 heteroatoms. The number of aliphatic hydroxyl groups excluding tert-OH is 1. The fourth-order valence-corrected chi connectivity index (χ4v) is 5.69. The molecule has 46 heavy (non-hydrogen) atoms. The van der Waals surface area contributed by atoms with Gasteiger partial charge in [0, 0.05) is 18.3 Å². The number of hydrogen-bond acceptors (Lipinski definition) is 9. The summed E-state index contributed by atoms with van der Waals surface area (Å²) in [6.45, 7) is 2.39. The van der Waals surface area contributed by atoms with E-state index in [9.17, 15) is 14.7 Å². The predicted molar refractivity (Wildman–Crippen MR) is 173 cm³/mol. The van der Waals surface area contributed by atoms with Gasteiger partial charge in [0.15, 0.2) is 6.23 Å². The van der Waals surface area contributed by atoms with Crippen molar-refractivity contribution < 1.29 is 28.8 Å². The largest absolute Gasteiger partial charge is 0.497 e. The number of ether oxygens (including phenoxy) is 5. The zero-order valence-corrected chi connectivity index (χ0v) is 26.7. The highest BCUT2D eigenvalue weighted by atomic mass is 16.6. The second-order valence-corrected chi connectivity index (χ2v) is 11.5. The molecule has 1 saturated heterocycles. The van der Waals surface area contributed by atoms with Crippen molar-refractivity contribution in [2.24, 2.45) is 0 Å². The van der Waals surface area contributed by atoms with Gasteiger partial charge >= 0.3 is 5.69 Å². The fourth-order valence-electron chi connectivity index (χ4n) is 5.69. The summed E-state index contributed by atoms with van der Waals surface area (Å²) in [7, 11) is 7.05. The second-order valence-electron chi connectivity index (χ2n) is 11.5. The second kappa shape index (κ2) is 14.4. The lowest BCUT2D eigenvalue weighted by Crippen LogP contribution is -2.41. The van der Waals surface area contributed by atoms with Crippen molar-refractivity contribution in [1.82, 2.24) is 14.5 Å². The normalized spacial score (nSPS) is 19.8. The van der Waals surface area contributed by atoms with Gasteiger partial charge in [0.25, 0.3) is 5.56 Å². The van der Waals surface area contributed by atoms with Crippen LogP contribution in [-0.4, -0.2) is 85.9 Å². The third kappa shape index (κ3) is 6.79. The Morgan fingerprint density at radius 3 is 2.00 bits per heavy atom. The molecule has 4 aromatic rings. The van der Waals surface area contributed by atoms with Crippen molar-refractivity contribution in [3.63, 3.8) is 0 Å². The first-order chi connectivity index (χ1) is 22.2. The molecule has 1 aliphatic rings. The van der Waals surface area contributed by atoms with Crippen LogP contribution in [0.25, 0.3) is 0 Å². The van der Waals surface area contributed by atoms with Crippen LogP contribution < -0.4 is 20.7 Å². The first kappa shape index (κ1) is 33.1. The highest BCUT2D eigenvalue weighted by Crippen LogP contribution is 2.43. The number of methoxy groups -OCH3 is 2. The van der Waals surface area contributed by atoms with Crippen molar-refractivity contribution >= 4 is 0 Å². The third-order valence-corrected chi connectivity index (χ3v) is 8.22. The first-order valence-corrected chi connectivity index (χ1v) is 15.1. The number of aromatic nitrogens is 2. The Bertz CT molecular complexity index is 1640. The number of benzene rings is 3. The van der Waals surface area contributed by atoms with Crippen LogP contribution in [0.15, 0.2) is 94.6 Å². The van der Waals surface area contributed by atoms with Gasteiger partial charge in [0.1, 0.15) is 35.4 Å². The summed E-state index contributed by atoms with van der Waals surface area (Å²) in [4.78, 5) is 29.3. The predicted octanol–water partition coefficient (Wildman–Crippen LogP) is 3.08. The molecule has 244 valence electrons. The molecule has 0 aliphatic carbocycles. The Kier molecular flexibility index (Phi) is 10.4. The lowest BCUT2D eigenvalue weighted by Gasteiger charge is -2.37. The lowest BCUT2D eigenvalue weighted by molar-refractivity contribution is -0.0984. The minimum Gasteiger partial charge on any atom is -0.497 e. The van der Waals surface area contributed by atoms with Crippen LogP contribution in [0.2, 0.25) is 0 Å². The van der Waals surface area contributed by atoms with E-state index in [2.05, 4.69) is 4.98 Å². The molecule has 1 aromatic heterocycles. The number of rotatable bonds is 13. The average molecular weight is 632 g/mol. The van der Waals surface area contributed by atoms with Crippen molar-refractivity contribution in [3.8, 4) is 11.5 Å². The Balaban J connectivity index is 1.56. The molecule has 0 saturated carbocycles. The molecule has 11 nitrogen and oxygen atoms in total. The zero-order valence-electron chi connectivity index (χ0n) is 26.7. The maximum Gasteiger partial charge on any atom is 0.330 e. The van der Waals surface area contributed by atoms with Gasteiger partial charge in [-0.3, -0.25) is 14.3 Å².